The molecule has 0 radical (unpaired) electrons. The van der Waals surface area contributed by atoms with Gasteiger partial charge in [-0.1, -0.05) is 6.42 Å². The minimum atomic E-state index is 0.447. The van der Waals surface area contributed by atoms with E-state index in [2.05, 4.69) is 14.9 Å². The smallest absolute Gasteiger partial charge is 0.147 e. The number of piperidine rings is 1. The van der Waals surface area contributed by atoms with Crippen LogP contribution in [0, 0.1) is 5.92 Å². The van der Waals surface area contributed by atoms with Crippen molar-refractivity contribution in [1.29, 1.82) is 0 Å². The Balaban J connectivity index is 1.86. The first kappa shape index (κ1) is 11.3. The van der Waals surface area contributed by atoms with Crippen LogP contribution in [-0.4, -0.2) is 22.6 Å². The van der Waals surface area contributed by atoms with E-state index in [1.807, 2.05) is 6.20 Å². The fourth-order valence-electron chi connectivity index (χ4n) is 3.34. The van der Waals surface area contributed by atoms with Crippen molar-refractivity contribution >= 4 is 17.4 Å². The molecule has 2 fully saturated rings. The summed E-state index contributed by atoms with van der Waals surface area (Å²) in [4.78, 5) is 11.3. The molecule has 0 spiro atoms. The number of alkyl halides is 1. The zero-order chi connectivity index (χ0) is 11.7. The van der Waals surface area contributed by atoms with Gasteiger partial charge in [0.2, 0.25) is 0 Å². The minimum Gasteiger partial charge on any atom is -0.352 e. The highest BCUT2D eigenvalue weighted by Crippen LogP contribution is 2.38. The Morgan fingerprint density at radius 2 is 2.12 bits per heavy atom. The summed E-state index contributed by atoms with van der Waals surface area (Å²) in [7, 11) is 0. The molecule has 0 bridgehead atoms. The van der Waals surface area contributed by atoms with Gasteiger partial charge in [-0.2, -0.15) is 0 Å². The lowest BCUT2D eigenvalue weighted by molar-refractivity contribution is 0.360. The normalized spacial score (nSPS) is 28.2. The van der Waals surface area contributed by atoms with Crippen LogP contribution in [0.15, 0.2) is 12.4 Å². The lowest BCUT2D eigenvalue weighted by Crippen LogP contribution is -2.43. The van der Waals surface area contributed by atoms with E-state index in [4.69, 9.17) is 11.6 Å². The standard InChI is InChI=1S/C13H18ClN3/c14-7-11-8-15-9-13(16-11)17-6-2-4-10-3-1-5-12(10)17/h8-10,12H,1-7H2. The molecule has 1 aliphatic heterocycles. The molecule has 1 saturated heterocycles. The molecule has 1 aromatic rings. The Bertz CT molecular complexity index is 396. The van der Waals surface area contributed by atoms with Crippen molar-refractivity contribution in [3.8, 4) is 0 Å². The molecular weight excluding hydrogens is 234 g/mol. The number of rotatable bonds is 2. The highest BCUT2D eigenvalue weighted by molar-refractivity contribution is 6.16. The molecule has 0 N–H and O–H groups in total. The number of fused-ring (bicyclic) bond motifs is 1. The first-order valence-corrected chi connectivity index (χ1v) is 7.05. The molecular formula is C13H18ClN3. The predicted molar refractivity (Wildman–Crippen MR) is 69.3 cm³/mol. The van der Waals surface area contributed by atoms with E-state index in [1.165, 1.54) is 32.1 Å². The monoisotopic (exact) mass is 251 g/mol. The Morgan fingerprint density at radius 1 is 1.24 bits per heavy atom. The van der Waals surface area contributed by atoms with Gasteiger partial charge in [0.05, 0.1) is 17.8 Å². The van der Waals surface area contributed by atoms with Gasteiger partial charge in [0.1, 0.15) is 5.82 Å². The van der Waals surface area contributed by atoms with E-state index in [-0.39, 0.29) is 0 Å². The summed E-state index contributed by atoms with van der Waals surface area (Å²) in [6.45, 7) is 1.13. The van der Waals surface area contributed by atoms with Gasteiger partial charge in [0, 0.05) is 18.8 Å². The van der Waals surface area contributed by atoms with Crippen molar-refractivity contribution < 1.29 is 0 Å². The molecule has 4 heteroatoms. The molecule has 17 heavy (non-hydrogen) atoms. The molecule has 92 valence electrons. The largest absolute Gasteiger partial charge is 0.352 e. The average Bonchev–Trinajstić information content (AvgIpc) is 2.87. The molecule has 2 aliphatic rings. The van der Waals surface area contributed by atoms with Gasteiger partial charge in [-0.15, -0.1) is 11.6 Å². The van der Waals surface area contributed by atoms with E-state index in [9.17, 15) is 0 Å². The molecule has 2 heterocycles. The van der Waals surface area contributed by atoms with E-state index in [1.54, 1.807) is 6.20 Å². The number of anilines is 1. The summed E-state index contributed by atoms with van der Waals surface area (Å²) >= 11 is 5.83. The van der Waals surface area contributed by atoms with Gasteiger partial charge in [-0.25, -0.2) is 4.98 Å². The lowest BCUT2D eigenvalue weighted by atomic mass is 9.92. The number of nitrogens with zero attached hydrogens (tertiary/aromatic N) is 3. The third-order valence-corrected chi connectivity index (χ3v) is 4.37. The molecule has 0 amide bonds. The highest BCUT2D eigenvalue weighted by Gasteiger charge is 2.35. The number of hydrogen-bond donors (Lipinski definition) is 0. The Kier molecular flexibility index (Phi) is 3.19. The van der Waals surface area contributed by atoms with Crippen LogP contribution in [-0.2, 0) is 5.88 Å². The number of halogens is 1. The van der Waals surface area contributed by atoms with Crippen LogP contribution >= 0.6 is 11.6 Å². The van der Waals surface area contributed by atoms with Crippen LogP contribution in [0.1, 0.15) is 37.8 Å². The second kappa shape index (κ2) is 4.81. The summed E-state index contributed by atoms with van der Waals surface area (Å²) in [5, 5.41) is 0. The SMILES string of the molecule is ClCc1cncc(N2CCCC3CCCC32)n1. The van der Waals surface area contributed by atoms with Crippen molar-refractivity contribution in [2.75, 3.05) is 11.4 Å². The number of hydrogen-bond acceptors (Lipinski definition) is 3. The minimum absolute atomic E-state index is 0.447. The third-order valence-electron chi connectivity index (χ3n) is 4.10. The summed E-state index contributed by atoms with van der Waals surface area (Å²) in [5.74, 6) is 2.35. The fourth-order valence-corrected chi connectivity index (χ4v) is 3.46. The zero-order valence-electron chi connectivity index (χ0n) is 9.98. The van der Waals surface area contributed by atoms with Gasteiger partial charge in [0.15, 0.2) is 0 Å². The summed E-state index contributed by atoms with van der Waals surface area (Å²) < 4.78 is 0. The van der Waals surface area contributed by atoms with Crippen LogP contribution in [0.5, 0.6) is 0 Å². The molecule has 2 atom stereocenters. The predicted octanol–water partition coefficient (Wildman–Crippen LogP) is 2.98. The van der Waals surface area contributed by atoms with Gasteiger partial charge in [-0.05, 0) is 31.6 Å². The Hall–Kier alpha value is -0.830. The summed E-state index contributed by atoms with van der Waals surface area (Å²) in [6, 6.07) is 0.698. The Morgan fingerprint density at radius 3 is 3.00 bits per heavy atom. The van der Waals surface area contributed by atoms with Crippen molar-refractivity contribution in [2.24, 2.45) is 5.92 Å². The van der Waals surface area contributed by atoms with Crippen molar-refractivity contribution in [1.82, 2.24) is 9.97 Å². The second-order valence-corrected chi connectivity index (χ2v) is 5.36. The molecule has 1 saturated carbocycles. The lowest BCUT2D eigenvalue weighted by Gasteiger charge is -2.38. The number of aromatic nitrogens is 2. The molecule has 0 aromatic carbocycles. The third kappa shape index (κ3) is 2.13. The fraction of sp³-hybridized carbons (Fsp3) is 0.692. The second-order valence-electron chi connectivity index (χ2n) is 5.10. The van der Waals surface area contributed by atoms with Crippen LogP contribution in [0.3, 0.4) is 0 Å². The zero-order valence-corrected chi connectivity index (χ0v) is 10.7. The maximum Gasteiger partial charge on any atom is 0.147 e. The van der Waals surface area contributed by atoms with Gasteiger partial charge in [0.25, 0.3) is 0 Å². The average molecular weight is 252 g/mol. The Labute approximate surface area is 107 Å². The van der Waals surface area contributed by atoms with Gasteiger partial charge >= 0.3 is 0 Å². The van der Waals surface area contributed by atoms with E-state index < -0.39 is 0 Å². The van der Waals surface area contributed by atoms with Crippen molar-refractivity contribution in [2.45, 2.75) is 44.0 Å². The molecule has 3 rings (SSSR count). The highest BCUT2D eigenvalue weighted by atomic mass is 35.5. The van der Waals surface area contributed by atoms with E-state index in [0.717, 1.165) is 24.0 Å². The quantitative estimate of drug-likeness (QED) is 0.757. The first-order chi connectivity index (χ1) is 8.38. The van der Waals surface area contributed by atoms with E-state index in [0.29, 0.717) is 11.9 Å². The molecule has 2 unspecified atom stereocenters. The van der Waals surface area contributed by atoms with Gasteiger partial charge in [-0.3, -0.25) is 4.98 Å². The first-order valence-electron chi connectivity index (χ1n) is 6.52. The van der Waals surface area contributed by atoms with Crippen LogP contribution < -0.4 is 4.90 Å². The summed E-state index contributed by atoms with van der Waals surface area (Å²) in [6.07, 6.45) is 10.4. The van der Waals surface area contributed by atoms with Gasteiger partial charge < -0.3 is 4.90 Å². The maximum absolute atomic E-state index is 5.83. The van der Waals surface area contributed by atoms with Crippen molar-refractivity contribution in [3.63, 3.8) is 0 Å². The summed E-state index contributed by atoms with van der Waals surface area (Å²) in [5.41, 5.74) is 0.879. The van der Waals surface area contributed by atoms with Crippen molar-refractivity contribution in [3.05, 3.63) is 18.1 Å². The van der Waals surface area contributed by atoms with Crippen LogP contribution in [0.4, 0.5) is 5.82 Å². The molecule has 1 aromatic heterocycles. The van der Waals surface area contributed by atoms with Crippen LogP contribution in [0.2, 0.25) is 0 Å². The van der Waals surface area contributed by atoms with E-state index >= 15 is 0 Å². The van der Waals surface area contributed by atoms with Crippen LogP contribution in [0.25, 0.3) is 0 Å². The molecule has 3 nitrogen and oxygen atoms in total. The topological polar surface area (TPSA) is 29.0 Å². The molecule has 1 aliphatic carbocycles. The maximum atomic E-state index is 5.83.